The van der Waals surface area contributed by atoms with Crippen LogP contribution in [0.15, 0.2) is 48.9 Å². The fraction of sp³-hybridized carbons (Fsp3) is 0.158. The van der Waals surface area contributed by atoms with Crippen molar-refractivity contribution in [2.24, 2.45) is 0 Å². The lowest BCUT2D eigenvalue weighted by Gasteiger charge is -2.06. The quantitative estimate of drug-likeness (QED) is 0.582. The molecule has 152 valence electrons. The van der Waals surface area contributed by atoms with Crippen molar-refractivity contribution in [2.45, 2.75) is 20.0 Å². The fourth-order valence-corrected chi connectivity index (χ4v) is 2.31. The Morgan fingerprint density at radius 2 is 1.72 bits per heavy atom. The predicted octanol–water partition coefficient (Wildman–Crippen LogP) is 5.21. The van der Waals surface area contributed by atoms with Crippen LogP contribution in [-0.2, 0) is 11.0 Å². The van der Waals surface area contributed by atoms with Gasteiger partial charge in [0.25, 0.3) is 0 Å². The Balaban J connectivity index is 0.000000212. The lowest BCUT2D eigenvalue weighted by molar-refractivity contribution is -0.137. The third kappa shape index (κ3) is 7.38. The molecule has 0 aromatic carbocycles. The summed E-state index contributed by atoms with van der Waals surface area (Å²) in [5, 5.41) is 2.68. The van der Waals surface area contributed by atoms with E-state index in [-0.39, 0.29) is 5.82 Å². The molecule has 0 atom stereocenters. The van der Waals surface area contributed by atoms with Crippen molar-refractivity contribution >= 4 is 23.8 Å². The first-order valence-electron chi connectivity index (χ1n) is 8.14. The van der Waals surface area contributed by atoms with Gasteiger partial charge in [0.15, 0.2) is 0 Å². The van der Waals surface area contributed by atoms with Gasteiger partial charge in [-0.2, -0.15) is 13.2 Å². The Bertz CT molecular complexity index is 946. The van der Waals surface area contributed by atoms with E-state index >= 15 is 0 Å². The molecular formula is C19H16ClF3N4O2. The minimum Gasteiger partial charge on any atom is -0.456 e. The summed E-state index contributed by atoms with van der Waals surface area (Å²) in [6.45, 7) is 3.85. The van der Waals surface area contributed by atoms with Crippen LogP contribution in [0.1, 0.15) is 17.0 Å². The van der Waals surface area contributed by atoms with Crippen LogP contribution in [-0.4, -0.2) is 21.4 Å². The van der Waals surface area contributed by atoms with E-state index in [0.717, 1.165) is 29.3 Å². The number of rotatable bonds is 4. The van der Waals surface area contributed by atoms with E-state index < -0.39 is 11.7 Å². The minimum atomic E-state index is -4.40. The number of carbonyl (C=O) groups is 1. The molecule has 1 amide bonds. The number of pyridine rings is 3. The Kier molecular flexibility index (Phi) is 7.49. The number of amides is 1. The maximum absolute atomic E-state index is 12.0. The third-order valence-electron chi connectivity index (χ3n) is 3.27. The summed E-state index contributed by atoms with van der Waals surface area (Å²) >= 11 is 5.82. The molecule has 3 aromatic heterocycles. The van der Waals surface area contributed by atoms with Crippen LogP contribution in [0.5, 0.6) is 11.5 Å². The summed E-state index contributed by atoms with van der Waals surface area (Å²) in [5.74, 6) is 1.45. The molecule has 0 aliphatic rings. The number of hydrogen-bond acceptors (Lipinski definition) is 5. The van der Waals surface area contributed by atoms with E-state index in [4.69, 9.17) is 16.3 Å². The first kappa shape index (κ1) is 22.1. The molecule has 0 saturated carbocycles. The number of aromatic nitrogens is 3. The zero-order valence-corrected chi connectivity index (χ0v) is 16.1. The predicted molar refractivity (Wildman–Crippen MR) is 102 cm³/mol. The van der Waals surface area contributed by atoms with E-state index in [2.05, 4.69) is 20.3 Å². The zero-order valence-electron chi connectivity index (χ0n) is 15.4. The number of nitrogens with zero attached hydrogens (tertiary/aromatic N) is 3. The van der Waals surface area contributed by atoms with Gasteiger partial charge in [0.2, 0.25) is 6.41 Å². The highest BCUT2D eigenvalue weighted by Gasteiger charge is 2.30. The van der Waals surface area contributed by atoms with Crippen LogP contribution in [0.25, 0.3) is 0 Å². The smallest absolute Gasteiger partial charge is 0.417 e. The second kappa shape index (κ2) is 9.83. The van der Waals surface area contributed by atoms with Crippen LogP contribution < -0.4 is 10.1 Å². The van der Waals surface area contributed by atoms with Gasteiger partial charge >= 0.3 is 6.18 Å². The number of carbonyl (C=O) groups excluding carboxylic acids is 1. The van der Waals surface area contributed by atoms with E-state index in [0.29, 0.717) is 23.4 Å². The zero-order chi connectivity index (χ0) is 21.4. The van der Waals surface area contributed by atoms with Crippen molar-refractivity contribution in [3.63, 3.8) is 0 Å². The number of anilines is 1. The summed E-state index contributed by atoms with van der Waals surface area (Å²) in [6.07, 6.45) is -0.206. The molecule has 0 aliphatic heterocycles. The molecule has 0 saturated heterocycles. The van der Waals surface area contributed by atoms with Crippen LogP contribution in [0.3, 0.4) is 0 Å². The van der Waals surface area contributed by atoms with Gasteiger partial charge in [-0.3, -0.25) is 14.8 Å². The number of nitrogens with one attached hydrogen (secondary N) is 1. The number of aryl methyl sites for hydroxylation is 2. The summed E-state index contributed by atoms with van der Waals surface area (Å²) in [6, 6.07) is 7.39. The number of ether oxygens (including phenoxy) is 1. The van der Waals surface area contributed by atoms with Gasteiger partial charge < -0.3 is 10.1 Å². The molecule has 0 unspecified atom stereocenters. The highest BCUT2D eigenvalue weighted by atomic mass is 35.5. The van der Waals surface area contributed by atoms with Gasteiger partial charge in [-0.1, -0.05) is 11.6 Å². The molecule has 29 heavy (non-hydrogen) atoms. The van der Waals surface area contributed by atoms with Crippen LogP contribution in [0.2, 0.25) is 5.02 Å². The molecule has 3 rings (SSSR count). The normalized spacial score (nSPS) is 10.6. The molecule has 10 heteroatoms. The Hall–Kier alpha value is -3.20. The summed E-state index contributed by atoms with van der Waals surface area (Å²) in [5.41, 5.74) is 0.999. The monoisotopic (exact) mass is 424 g/mol. The third-order valence-corrected chi connectivity index (χ3v) is 3.47. The van der Waals surface area contributed by atoms with Crippen molar-refractivity contribution in [3.05, 3.63) is 70.9 Å². The molecule has 0 spiro atoms. The molecule has 1 N–H and O–H groups in total. The average Bonchev–Trinajstić information content (AvgIpc) is 2.61. The van der Waals surface area contributed by atoms with Gasteiger partial charge in [0.05, 0.1) is 16.8 Å². The lowest BCUT2D eigenvalue weighted by atomic mass is 10.3. The maximum atomic E-state index is 12.0. The maximum Gasteiger partial charge on any atom is 0.417 e. The second-order valence-corrected chi connectivity index (χ2v) is 6.16. The summed E-state index contributed by atoms with van der Waals surface area (Å²) < 4.78 is 41.6. The molecule has 0 radical (unpaired) electrons. The van der Waals surface area contributed by atoms with Gasteiger partial charge in [0, 0.05) is 42.0 Å². The van der Waals surface area contributed by atoms with E-state index in [1.165, 1.54) is 0 Å². The highest BCUT2D eigenvalue weighted by molar-refractivity contribution is 6.30. The van der Waals surface area contributed by atoms with E-state index in [9.17, 15) is 18.0 Å². The van der Waals surface area contributed by atoms with Crippen molar-refractivity contribution < 1.29 is 22.7 Å². The number of halogens is 4. The Morgan fingerprint density at radius 1 is 1.03 bits per heavy atom. The van der Waals surface area contributed by atoms with Crippen molar-refractivity contribution in [1.29, 1.82) is 0 Å². The first-order chi connectivity index (χ1) is 13.7. The molecule has 0 aliphatic carbocycles. The van der Waals surface area contributed by atoms with Crippen LogP contribution in [0, 0.1) is 13.8 Å². The molecule has 3 heterocycles. The summed E-state index contributed by atoms with van der Waals surface area (Å²) in [7, 11) is 0. The highest BCUT2D eigenvalue weighted by Crippen LogP contribution is 2.28. The van der Waals surface area contributed by atoms with Crippen LogP contribution >= 0.6 is 11.6 Å². The molecule has 0 fully saturated rings. The van der Waals surface area contributed by atoms with E-state index in [1.54, 1.807) is 18.5 Å². The SMILES string of the molecule is Cc1cc(Oc2cncc(Cl)c2)cc(C)n1.O=CNc1ccc(C(F)(F)F)cn1. The second-order valence-electron chi connectivity index (χ2n) is 5.72. The lowest BCUT2D eigenvalue weighted by Crippen LogP contribution is -2.06. The molecule has 3 aromatic rings. The van der Waals surface area contributed by atoms with E-state index in [1.807, 2.05) is 26.0 Å². The molecule has 6 nitrogen and oxygen atoms in total. The molecule has 0 bridgehead atoms. The average molecular weight is 425 g/mol. The van der Waals surface area contributed by atoms with Gasteiger partial charge in [-0.25, -0.2) is 4.98 Å². The Morgan fingerprint density at radius 3 is 2.24 bits per heavy atom. The summed E-state index contributed by atoms with van der Waals surface area (Å²) in [4.78, 5) is 21.5. The number of hydrogen-bond donors (Lipinski definition) is 1. The van der Waals surface area contributed by atoms with Gasteiger partial charge in [-0.15, -0.1) is 0 Å². The van der Waals surface area contributed by atoms with Crippen LogP contribution in [0.4, 0.5) is 19.0 Å². The standard InChI is InChI=1S/C12H11ClN2O.C7H5F3N2O/c1-8-3-11(4-9(2)15-8)16-12-5-10(13)6-14-7-12;8-7(9,10)5-1-2-6(11-3-5)12-4-13/h3-7H,1-2H3;1-4H,(H,11,12,13). The topological polar surface area (TPSA) is 77.0 Å². The van der Waals surface area contributed by atoms with Crippen molar-refractivity contribution in [3.8, 4) is 11.5 Å². The van der Waals surface area contributed by atoms with Crippen molar-refractivity contribution in [1.82, 2.24) is 15.0 Å². The Labute approximate surface area is 169 Å². The first-order valence-corrected chi connectivity index (χ1v) is 8.52. The van der Waals surface area contributed by atoms with Crippen molar-refractivity contribution in [2.75, 3.05) is 5.32 Å². The minimum absolute atomic E-state index is 0.0861. The number of alkyl halides is 3. The fourth-order valence-electron chi connectivity index (χ4n) is 2.15. The van der Waals surface area contributed by atoms with Gasteiger partial charge in [-0.05, 0) is 26.0 Å². The largest absolute Gasteiger partial charge is 0.456 e. The van der Waals surface area contributed by atoms with Gasteiger partial charge in [0.1, 0.15) is 17.3 Å². The molecular weight excluding hydrogens is 409 g/mol.